The van der Waals surface area contributed by atoms with E-state index in [1.807, 2.05) is 0 Å². The molecule has 58 heavy (non-hydrogen) atoms. The summed E-state index contributed by atoms with van der Waals surface area (Å²) in [5.74, 6) is -2.19. The summed E-state index contributed by atoms with van der Waals surface area (Å²) in [6.07, 6.45) is -2.27. The lowest BCUT2D eigenvalue weighted by Gasteiger charge is -2.29. The standard InChI is InChI=1S/C22H32N2O7.C18H25BrN2O6/c1-10-11-14(3)29-17-13(2)12-15(16(23-17)18(25)26)24(19(27)30-21(4,5)6)20(28)31-22(7,8)9;1-10-9-11(12(14(22)25-8)20-13(10)19)21(15(23)26-17(2,3)4)16(24)27-18(5,6)7/h10,12,14H,1,11H2,2-9H3,(H,25,26);9H,1-8H3/t14-;/m1./s1. The molecule has 0 aromatic carbocycles. The first-order valence-electron chi connectivity index (χ1n) is 18.0. The van der Waals surface area contributed by atoms with Gasteiger partial charge >= 0.3 is 36.3 Å². The maximum absolute atomic E-state index is 12.9. The number of rotatable bonds is 8. The molecular formula is C40H57BrN4O13. The number of aromatic carboxylic acids is 1. The lowest BCUT2D eigenvalue weighted by molar-refractivity contribution is 0.0406. The molecule has 1 atom stereocenters. The predicted molar refractivity (Wildman–Crippen MR) is 219 cm³/mol. The van der Waals surface area contributed by atoms with E-state index in [0.29, 0.717) is 32.0 Å². The van der Waals surface area contributed by atoms with Crippen molar-refractivity contribution < 1.29 is 62.3 Å². The molecule has 0 aliphatic carbocycles. The number of amides is 4. The quantitative estimate of drug-likeness (QED) is 0.113. The Morgan fingerprint density at radius 3 is 1.40 bits per heavy atom. The molecule has 0 saturated carbocycles. The predicted octanol–water partition coefficient (Wildman–Crippen LogP) is 9.72. The maximum Gasteiger partial charge on any atom is 0.424 e. The van der Waals surface area contributed by atoms with Crippen LogP contribution in [-0.4, -0.2) is 87.0 Å². The second-order valence-electron chi connectivity index (χ2n) is 16.8. The zero-order valence-electron chi connectivity index (χ0n) is 36.2. The average molecular weight is 882 g/mol. The molecular weight excluding hydrogens is 824 g/mol. The highest BCUT2D eigenvalue weighted by molar-refractivity contribution is 9.10. The first-order valence-corrected chi connectivity index (χ1v) is 18.8. The number of nitrogens with zero attached hydrogens (tertiary/aromatic N) is 4. The molecule has 2 aromatic heterocycles. The summed E-state index contributed by atoms with van der Waals surface area (Å²) in [4.78, 5) is 84.7. The third-order valence-electron chi connectivity index (χ3n) is 6.46. The molecule has 2 heterocycles. The fourth-order valence-corrected chi connectivity index (χ4v) is 4.56. The molecule has 2 rings (SSSR count). The van der Waals surface area contributed by atoms with E-state index in [-0.39, 0.29) is 29.1 Å². The molecule has 0 fully saturated rings. The molecule has 0 aliphatic heterocycles. The molecule has 0 unspecified atom stereocenters. The highest BCUT2D eigenvalue weighted by Crippen LogP contribution is 2.31. The van der Waals surface area contributed by atoms with Gasteiger partial charge in [-0.05, 0) is 137 Å². The van der Waals surface area contributed by atoms with Crippen molar-refractivity contribution in [3.63, 3.8) is 0 Å². The second kappa shape index (κ2) is 19.9. The fraction of sp³-hybridized carbons (Fsp3) is 0.550. The summed E-state index contributed by atoms with van der Waals surface area (Å²) in [6.45, 7) is 28.4. The first-order chi connectivity index (χ1) is 26.2. The third-order valence-corrected chi connectivity index (χ3v) is 7.26. The Balaban J connectivity index is 0.000000586. The minimum absolute atomic E-state index is 0.0730. The highest BCUT2D eigenvalue weighted by atomic mass is 79.9. The summed E-state index contributed by atoms with van der Waals surface area (Å²) in [5, 5.41) is 9.73. The van der Waals surface area contributed by atoms with E-state index in [9.17, 15) is 33.9 Å². The number of carboxylic acid groups (broad SMARTS) is 1. The smallest absolute Gasteiger partial charge is 0.424 e. The lowest BCUT2D eigenvalue weighted by atomic mass is 10.2. The van der Waals surface area contributed by atoms with E-state index >= 15 is 0 Å². The van der Waals surface area contributed by atoms with Crippen LogP contribution in [0.1, 0.15) is 129 Å². The van der Waals surface area contributed by atoms with Gasteiger partial charge in [0.1, 0.15) is 33.1 Å². The molecule has 0 radical (unpaired) electrons. The van der Waals surface area contributed by atoms with Crippen LogP contribution < -0.4 is 14.5 Å². The van der Waals surface area contributed by atoms with Gasteiger partial charge in [-0.2, -0.15) is 9.80 Å². The van der Waals surface area contributed by atoms with Crippen LogP contribution in [0.5, 0.6) is 5.88 Å². The minimum atomic E-state index is -1.45. The molecule has 322 valence electrons. The van der Waals surface area contributed by atoms with Crippen LogP contribution in [0.3, 0.4) is 0 Å². The Morgan fingerprint density at radius 2 is 1.07 bits per heavy atom. The van der Waals surface area contributed by atoms with Crippen molar-refractivity contribution >= 4 is 63.6 Å². The molecule has 1 N–H and O–H groups in total. The second-order valence-corrected chi connectivity index (χ2v) is 17.5. The number of aryl methyl sites for hydroxylation is 2. The van der Waals surface area contributed by atoms with Gasteiger partial charge < -0.3 is 33.5 Å². The summed E-state index contributed by atoms with van der Waals surface area (Å²) in [7, 11) is 1.17. The van der Waals surface area contributed by atoms with Gasteiger partial charge in [0, 0.05) is 12.0 Å². The minimum Gasteiger partial charge on any atom is -0.476 e. The van der Waals surface area contributed by atoms with Crippen molar-refractivity contribution in [3.05, 3.63) is 51.9 Å². The van der Waals surface area contributed by atoms with Gasteiger partial charge in [-0.1, -0.05) is 6.08 Å². The average Bonchev–Trinajstić information content (AvgIpc) is 3.00. The number of carbonyl (C=O) groups excluding carboxylic acids is 5. The molecule has 2 aromatic rings. The van der Waals surface area contributed by atoms with Crippen molar-refractivity contribution in [1.29, 1.82) is 0 Å². The SMILES string of the molecule is C=CC[C@@H](C)Oc1nc(C(=O)O)c(N(C(=O)OC(C)(C)C)C(=O)OC(C)(C)C)cc1C.COC(=O)c1nc(Br)c(C)cc1N(C(=O)OC(C)(C)C)C(=O)OC(C)(C)C. The Morgan fingerprint density at radius 1 is 0.707 bits per heavy atom. The highest BCUT2D eigenvalue weighted by Gasteiger charge is 2.38. The number of aromatic nitrogens is 2. The number of carbonyl (C=O) groups is 6. The summed E-state index contributed by atoms with van der Waals surface area (Å²) >= 11 is 3.23. The number of hydrogen-bond donors (Lipinski definition) is 1. The van der Waals surface area contributed by atoms with Crippen molar-refractivity contribution in [1.82, 2.24) is 9.97 Å². The van der Waals surface area contributed by atoms with Crippen LogP contribution >= 0.6 is 15.9 Å². The van der Waals surface area contributed by atoms with Gasteiger partial charge in [-0.15, -0.1) is 6.58 Å². The lowest BCUT2D eigenvalue weighted by Crippen LogP contribution is -2.44. The fourth-order valence-electron chi connectivity index (χ4n) is 4.27. The van der Waals surface area contributed by atoms with Crippen molar-refractivity contribution in [3.8, 4) is 5.88 Å². The maximum atomic E-state index is 12.9. The van der Waals surface area contributed by atoms with Crippen LogP contribution in [-0.2, 0) is 23.7 Å². The van der Waals surface area contributed by atoms with Crippen LogP contribution in [0.15, 0.2) is 29.4 Å². The van der Waals surface area contributed by atoms with Gasteiger partial charge in [0.15, 0.2) is 11.4 Å². The Kier molecular flexibility index (Phi) is 17.4. The number of anilines is 2. The van der Waals surface area contributed by atoms with Gasteiger partial charge in [0.25, 0.3) is 0 Å². The topological polar surface area (TPSA) is 210 Å². The number of halogens is 1. The summed E-state index contributed by atoms with van der Waals surface area (Å²) in [5.41, 5.74) is -3.76. The normalized spacial score (nSPS) is 12.1. The molecule has 18 heteroatoms. The third kappa shape index (κ3) is 16.3. The number of ether oxygens (including phenoxy) is 6. The molecule has 17 nitrogen and oxygen atoms in total. The number of methoxy groups -OCH3 is 1. The van der Waals surface area contributed by atoms with E-state index in [4.69, 9.17) is 28.4 Å². The number of esters is 1. The Labute approximate surface area is 348 Å². The van der Waals surface area contributed by atoms with Gasteiger partial charge in [-0.25, -0.2) is 38.7 Å². The largest absolute Gasteiger partial charge is 0.476 e. The van der Waals surface area contributed by atoms with Crippen molar-refractivity contribution in [2.75, 3.05) is 16.9 Å². The van der Waals surface area contributed by atoms with Crippen molar-refractivity contribution in [2.45, 2.75) is 139 Å². The summed E-state index contributed by atoms with van der Waals surface area (Å²) < 4.78 is 32.1. The molecule has 0 aliphatic rings. The molecule has 4 amide bonds. The monoisotopic (exact) mass is 880 g/mol. The number of carboxylic acids is 1. The van der Waals surface area contributed by atoms with Crippen LogP contribution in [0.4, 0.5) is 30.6 Å². The van der Waals surface area contributed by atoms with Crippen molar-refractivity contribution in [2.24, 2.45) is 0 Å². The van der Waals surface area contributed by atoms with E-state index in [1.165, 1.54) is 19.2 Å². The Hall–Kier alpha value is -5.26. The summed E-state index contributed by atoms with van der Waals surface area (Å²) in [6, 6.07) is 2.79. The van der Waals surface area contributed by atoms with E-state index in [2.05, 4.69) is 32.5 Å². The number of hydrogen-bond acceptors (Lipinski definition) is 14. The van der Waals surface area contributed by atoms with E-state index < -0.39 is 64.4 Å². The first kappa shape index (κ1) is 50.8. The van der Waals surface area contributed by atoms with Crippen LogP contribution in [0.2, 0.25) is 0 Å². The zero-order valence-corrected chi connectivity index (χ0v) is 37.8. The Bertz CT molecular complexity index is 1810. The number of imide groups is 2. The van der Waals surface area contributed by atoms with E-state index in [1.54, 1.807) is 110 Å². The molecule has 0 spiro atoms. The van der Waals surface area contributed by atoms with Gasteiger partial charge in [-0.3, -0.25) is 0 Å². The van der Waals surface area contributed by atoms with Gasteiger partial charge in [0.2, 0.25) is 5.88 Å². The zero-order chi connectivity index (χ0) is 45.3. The van der Waals surface area contributed by atoms with E-state index in [0.717, 1.165) is 0 Å². The van der Waals surface area contributed by atoms with Crippen LogP contribution in [0.25, 0.3) is 0 Å². The molecule has 0 bridgehead atoms. The van der Waals surface area contributed by atoms with Gasteiger partial charge in [0.05, 0.1) is 18.5 Å². The number of pyridine rings is 2. The van der Waals surface area contributed by atoms with Crippen LogP contribution in [0, 0.1) is 13.8 Å². The molecule has 0 saturated heterocycles.